The molecule has 1 aromatic carbocycles. The highest BCUT2D eigenvalue weighted by Gasteiger charge is 2.12. The van der Waals surface area contributed by atoms with E-state index in [1.54, 1.807) is 0 Å². The molecule has 1 heterocycles. The summed E-state index contributed by atoms with van der Waals surface area (Å²) < 4.78 is 6.96. The second-order valence-corrected chi connectivity index (χ2v) is 4.93. The van der Waals surface area contributed by atoms with Gasteiger partial charge in [-0.3, -0.25) is 0 Å². The number of nitrogens with zero attached hydrogens (tertiary/aromatic N) is 1. The van der Waals surface area contributed by atoms with Gasteiger partial charge in [0.2, 0.25) is 0 Å². The van der Waals surface area contributed by atoms with Crippen LogP contribution >= 0.6 is 0 Å². The van der Waals surface area contributed by atoms with Gasteiger partial charge < -0.3 is 9.30 Å². The molecule has 0 aliphatic rings. The first-order valence-electron chi connectivity index (χ1n) is 7.06. The lowest BCUT2D eigenvalue weighted by Crippen LogP contribution is -2.03. The van der Waals surface area contributed by atoms with E-state index in [2.05, 4.69) is 23.6 Å². The Hall–Kier alpha value is -2.03. The van der Waals surface area contributed by atoms with Gasteiger partial charge in [-0.05, 0) is 24.5 Å². The van der Waals surface area contributed by atoms with Crippen molar-refractivity contribution < 1.29 is 9.53 Å². The zero-order chi connectivity index (χ0) is 14.4. The fraction of sp³-hybridized carbons (Fsp3) is 0.353. The number of benzene rings is 1. The minimum atomic E-state index is -0.269. The van der Waals surface area contributed by atoms with Gasteiger partial charge in [-0.25, -0.2) is 4.79 Å². The second kappa shape index (κ2) is 6.94. The standard InChI is InChI=1S/C17H21NO2/c1-3-4-10-16-11-15(17(19)20-2)13-18(16)12-14-8-6-5-7-9-14/h5-9,11,13H,3-4,10,12H2,1-2H3. The molecular formula is C17H21NO2. The largest absolute Gasteiger partial charge is 0.465 e. The van der Waals surface area contributed by atoms with Gasteiger partial charge in [0.1, 0.15) is 0 Å². The molecular weight excluding hydrogens is 250 g/mol. The highest BCUT2D eigenvalue weighted by atomic mass is 16.5. The molecule has 1 aromatic heterocycles. The molecule has 3 heteroatoms. The number of esters is 1. The van der Waals surface area contributed by atoms with Crippen LogP contribution in [0.3, 0.4) is 0 Å². The summed E-state index contributed by atoms with van der Waals surface area (Å²) in [4.78, 5) is 11.7. The molecule has 0 aliphatic heterocycles. The second-order valence-electron chi connectivity index (χ2n) is 4.93. The first kappa shape index (κ1) is 14.4. The summed E-state index contributed by atoms with van der Waals surface area (Å²) in [5.41, 5.74) is 3.06. The smallest absolute Gasteiger partial charge is 0.339 e. The fourth-order valence-electron chi connectivity index (χ4n) is 2.28. The molecule has 3 nitrogen and oxygen atoms in total. The number of carbonyl (C=O) groups excluding carboxylic acids is 1. The molecule has 0 spiro atoms. The van der Waals surface area contributed by atoms with Crippen molar-refractivity contribution in [3.8, 4) is 0 Å². The van der Waals surface area contributed by atoms with Crippen molar-refractivity contribution in [2.24, 2.45) is 0 Å². The van der Waals surface area contributed by atoms with Crippen molar-refractivity contribution in [1.82, 2.24) is 4.57 Å². The van der Waals surface area contributed by atoms with E-state index in [0.29, 0.717) is 5.56 Å². The van der Waals surface area contributed by atoms with Gasteiger partial charge in [-0.15, -0.1) is 0 Å². The average Bonchev–Trinajstić information content (AvgIpc) is 2.88. The van der Waals surface area contributed by atoms with Crippen molar-refractivity contribution in [1.29, 1.82) is 0 Å². The predicted molar refractivity (Wildman–Crippen MR) is 79.9 cm³/mol. The molecule has 20 heavy (non-hydrogen) atoms. The Labute approximate surface area is 120 Å². The molecule has 0 bridgehead atoms. The van der Waals surface area contributed by atoms with Gasteiger partial charge >= 0.3 is 5.97 Å². The van der Waals surface area contributed by atoms with Gasteiger partial charge in [0.15, 0.2) is 0 Å². The number of ether oxygens (including phenoxy) is 1. The molecule has 0 aliphatic carbocycles. The van der Waals surface area contributed by atoms with Crippen molar-refractivity contribution >= 4 is 5.97 Å². The molecule has 0 radical (unpaired) electrons. The lowest BCUT2D eigenvalue weighted by Gasteiger charge is -2.08. The number of hydrogen-bond acceptors (Lipinski definition) is 2. The number of hydrogen-bond donors (Lipinski definition) is 0. The SMILES string of the molecule is CCCCc1cc(C(=O)OC)cn1Cc1ccccc1. The van der Waals surface area contributed by atoms with E-state index in [9.17, 15) is 4.79 Å². The third-order valence-electron chi connectivity index (χ3n) is 3.39. The molecule has 106 valence electrons. The summed E-state index contributed by atoms with van der Waals surface area (Å²) in [5.74, 6) is -0.269. The Balaban J connectivity index is 2.24. The normalized spacial score (nSPS) is 10.5. The predicted octanol–water partition coefficient (Wildman–Crippen LogP) is 3.67. The van der Waals surface area contributed by atoms with E-state index in [0.717, 1.165) is 25.8 Å². The fourth-order valence-corrected chi connectivity index (χ4v) is 2.28. The van der Waals surface area contributed by atoms with E-state index in [4.69, 9.17) is 4.74 Å². The van der Waals surface area contributed by atoms with Crippen LogP contribution in [0.4, 0.5) is 0 Å². The summed E-state index contributed by atoms with van der Waals surface area (Å²) in [6, 6.07) is 12.2. The lowest BCUT2D eigenvalue weighted by molar-refractivity contribution is 0.0600. The highest BCUT2D eigenvalue weighted by Crippen LogP contribution is 2.15. The minimum absolute atomic E-state index is 0.269. The van der Waals surface area contributed by atoms with E-state index >= 15 is 0 Å². The van der Waals surface area contributed by atoms with Crippen molar-refractivity contribution in [3.05, 3.63) is 59.4 Å². The van der Waals surface area contributed by atoms with Crippen LogP contribution in [0.5, 0.6) is 0 Å². The van der Waals surface area contributed by atoms with E-state index in [1.807, 2.05) is 30.5 Å². The molecule has 0 saturated carbocycles. The Morgan fingerprint density at radius 2 is 2.00 bits per heavy atom. The van der Waals surface area contributed by atoms with E-state index in [1.165, 1.54) is 18.4 Å². The minimum Gasteiger partial charge on any atom is -0.465 e. The van der Waals surface area contributed by atoms with Crippen LogP contribution < -0.4 is 0 Å². The van der Waals surface area contributed by atoms with Crippen molar-refractivity contribution in [2.75, 3.05) is 7.11 Å². The summed E-state index contributed by atoms with van der Waals surface area (Å²) in [5, 5.41) is 0. The zero-order valence-corrected chi connectivity index (χ0v) is 12.1. The Kier molecular flexibility index (Phi) is 4.99. The average molecular weight is 271 g/mol. The number of carbonyl (C=O) groups is 1. The Bertz CT molecular complexity index is 558. The number of aryl methyl sites for hydroxylation is 1. The molecule has 0 unspecified atom stereocenters. The lowest BCUT2D eigenvalue weighted by atomic mass is 10.2. The first-order chi connectivity index (χ1) is 9.74. The summed E-state index contributed by atoms with van der Waals surface area (Å²) in [7, 11) is 1.42. The number of methoxy groups -OCH3 is 1. The molecule has 0 saturated heterocycles. The Morgan fingerprint density at radius 3 is 2.65 bits per heavy atom. The van der Waals surface area contributed by atoms with Crippen LogP contribution in [0.1, 0.15) is 41.4 Å². The van der Waals surface area contributed by atoms with Crippen LogP contribution in [0.15, 0.2) is 42.6 Å². The number of unbranched alkanes of at least 4 members (excludes halogenated alkanes) is 1. The third kappa shape index (κ3) is 3.50. The van der Waals surface area contributed by atoms with Gasteiger partial charge in [0.05, 0.1) is 12.7 Å². The topological polar surface area (TPSA) is 31.2 Å². The van der Waals surface area contributed by atoms with Gasteiger partial charge in [0.25, 0.3) is 0 Å². The van der Waals surface area contributed by atoms with E-state index in [-0.39, 0.29) is 5.97 Å². The summed E-state index contributed by atoms with van der Waals surface area (Å²) in [6.45, 7) is 2.96. The monoisotopic (exact) mass is 271 g/mol. The number of aromatic nitrogens is 1. The third-order valence-corrected chi connectivity index (χ3v) is 3.39. The maximum Gasteiger partial charge on any atom is 0.339 e. The maximum absolute atomic E-state index is 11.7. The van der Waals surface area contributed by atoms with E-state index < -0.39 is 0 Å². The van der Waals surface area contributed by atoms with Crippen LogP contribution in [0, 0.1) is 0 Å². The molecule has 0 amide bonds. The molecule has 0 fully saturated rings. The van der Waals surface area contributed by atoms with Gasteiger partial charge in [-0.1, -0.05) is 43.7 Å². The summed E-state index contributed by atoms with van der Waals surface area (Å²) >= 11 is 0. The van der Waals surface area contributed by atoms with Crippen molar-refractivity contribution in [3.63, 3.8) is 0 Å². The molecule has 0 N–H and O–H groups in total. The summed E-state index contributed by atoms with van der Waals surface area (Å²) in [6.07, 6.45) is 5.15. The highest BCUT2D eigenvalue weighted by molar-refractivity contribution is 5.89. The quantitative estimate of drug-likeness (QED) is 0.751. The maximum atomic E-state index is 11.7. The van der Waals surface area contributed by atoms with Crippen LogP contribution in [-0.4, -0.2) is 17.6 Å². The first-order valence-corrected chi connectivity index (χ1v) is 7.06. The molecule has 0 atom stereocenters. The Morgan fingerprint density at radius 1 is 1.25 bits per heavy atom. The van der Waals surface area contributed by atoms with Gasteiger partial charge in [0, 0.05) is 18.4 Å². The van der Waals surface area contributed by atoms with Crippen molar-refractivity contribution in [2.45, 2.75) is 32.7 Å². The van der Waals surface area contributed by atoms with Crippen LogP contribution in [0.2, 0.25) is 0 Å². The molecule has 2 aromatic rings. The van der Waals surface area contributed by atoms with Gasteiger partial charge in [-0.2, -0.15) is 0 Å². The van der Waals surface area contributed by atoms with Crippen LogP contribution in [0.25, 0.3) is 0 Å². The zero-order valence-electron chi connectivity index (χ0n) is 12.1. The molecule has 2 rings (SSSR count). The number of rotatable bonds is 6. The van der Waals surface area contributed by atoms with Crippen LogP contribution in [-0.2, 0) is 17.7 Å².